The molecule has 0 saturated heterocycles. The molecule has 2 nitrogen and oxygen atoms in total. The van der Waals surface area contributed by atoms with Gasteiger partial charge in [0.15, 0.2) is 0 Å². The molecule has 0 spiro atoms. The molecule has 2 rings (SSSR count). The predicted octanol–water partition coefficient (Wildman–Crippen LogP) is 4.27. The summed E-state index contributed by atoms with van der Waals surface area (Å²) in [5.41, 5.74) is -1.07. The first-order valence-electron chi connectivity index (χ1n) is 4.98. The van der Waals surface area contributed by atoms with Crippen LogP contribution in [0.15, 0.2) is 29.6 Å². The van der Waals surface area contributed by atoms with E-state index in [1.807, 2.05) is 0 Å². The van der Waals surface area contributed by atoms with Crippen LogP contribution in [0.5, 0.6) is 0 Å². The van der Waals surface area contributed by atoms with Crippen molar-refractivity contribution in [2.45, 2.75) is 6.18 Å². The van der Waals surface area contributed by atoms with Crippen molar-refractivity contribution in [3.63, 3.8) is 0 Å². The molecule has 0 amide bonds. The zero-order valence-corrected chi connectivity index (χ0v) is 9.98. The van der Waals surface area contributed by atoms with Crippen molar-refractivity contribution in [1.29, 1.82) is 0 Å². The van der Waals surface area contributed by atoms with Gasteiger partial charge < -0.3 is 5.11 Å². The molecule has 7 heteroatoms. The highest BCUT2D eigenvalue weighted by molar-refractivity contribution is 7.12. The Bertz CT molecular complexity index is 631. The minimum absolute atomic E-state index is 0.0424. The van der Waals surface area contributed by atoms with Gasteiger partial charge in [0, 0.05) is 5.56 Å². The van der Waals surface area contributed by atoms with E-state index < -0.39 is 23.5 Å². The second kappa shape index (κ2) is 4.65. The first-order valence-corrected chi connectivity index (χ1v) is 5.86. The normalized spacial score (nSPS) is 11.6. The van der Waals surface area contributed by atoms with Gasteiger partial charge >= 0.3 is 12.1 Å². The molecule has 1 aromatic heterocycles. The van der Waals surface area contributed by atoms with E-state index in [1.54, 1.807) is 0 Å². The number of carboxylic acids is 1. The van der Waals surface area contributed by atoms with Gasteiger partial charge in [0.2, 0.25) is 0 Å². The summed E-state index contributed by atoms with van der Waals surface area (Å²) in [5.74, 6) is -2.63. The SMILES string of the molecule is O=C(O)c1sccc1-c1ccc(C(F)(F)F)c(F)c1. The molecule has 1 aromatic carbocycles. The van der Waals surface area contributed by atoms with Gasteiger partial charge in [-0.25, -0.2) is 9.18 Å². The monoisotopic (exact) mass is 290 g/mol. The molecule has 0 atom stereocenters. The third kappa shape index (κ3) is 2.60. The lowest BCUT2D eigenvalue weighted by Gasteiger charge is -2.09. The fraction of sp³-hybridized carbons (Fsp3) is 0.0833. The third-order valence-electron chi connectivity index (χ3n) is 2.44. The van der Waals surface area contributed by atoms with Crippen molar-refractivity contribution >= 4 is 17.3 Å². The molecule has 0 unspecified atom stereocenters. The number of rotatable bonds is 2. The zero-order valence-electron chi connectivity index (χ0n) is 9.16. The number of carbonyl (C=O) groups is 1. The van der Waals surface area contributed by atoms with Gasteiger partial charge in [-0.05, 0) is 29.1 Å². The molecule has 19 heavy (non-hydrogen) atoms. The van der Waals surface area contributed by atoms with Crippen LogP contribution in [0, 0.1) is 5.82 Å². The third-order valence-corrected chi connectivity index (χ3v) is 3.35. The van der Waals surface area contributed by atoms with Crippen LogP contribution >= 0.6 is 11.3 Å². The Kier molecular flexibility index (Phi) is 3.32. The molecule has 2 aromatic rings. The molecule has 0 aliphatic carbocycles. The second-order valence-corrected chi connectivity index (χ2v) is 4.58. The fourth-order valence-electron chi connectivity index (χ4n) is 1.61. The summed E-state index contributed by atoms with van der Waals surface area (Å²) in [4.78, 5) is 10.9. The first kappa shape index (κ1) is 13.5. The highest BCUT2D eigenvalue weighted by Crippen LogP contribution is 2.35. The Morgan fingerprint density at radius 2 is 1.89 bits per heavy atom. The summed E-state index contributed by atoms with van der Waals surface area (Å²) >= 11 is 0.924. The van der Waals surface area contributed by atoms with Crippen LogP contribution < -0.4 is 0 Å². The first-order chi connectivity index (χ1) is 8.80. The number of benzene rings is 1. The van der Waals surface area contributed by atoms with Crippen LogP contribution in [0.4, 0.5) is 17.6 Å². The number of aromatic carboxylic acids is 1. The van der Waals surface area contributed by atoms with Gasteiger partial charge in [0.1, 0.15) is 10.7 Å². The van der Waals surface area contributed by atoms with Gasteiger partial charge in [0.25, 0.3) is 0 Å². The van der Waals surface area contributed by atoms with Gasteiger partial charge in [-0.1, -0.05) is 6.07 Å². The summed E-state index contributed by atoms with van der Waals surface area (Å²) in [6, 6.07) is 3.78. The minimum atomic E-state index is -4.77. The quantitative estimate of drug-likeness (QED) is 0.839. The summed E-state index contributed by atoms with van der Waals surface area (Å²) < 4.78 is 50.6. The summed E-state index contributed by atoms with van der Waals surface area (Å²) in [5, 5.41) is 10.4. The maximum Gasteiger partial charge on any atom is 0.419 e. The summed E-state index contributed by atoms with van der Waals surface area (Å²) in [6.45, 7) is 0. The van der Waals surface area contributed by atoms with Crippen LogP contribution in [0.2, 0.25) is 0 Å². The van der Waals surface area contributed by atoms with Crippen LogP contribution in [-0.2, 0) is 6.18 Å². The number of thiophene rings is 1. The standard InChI is InChI=1S/C12H6F4O2S/c13-9-5-6(1-2-8(9)12(14,15)16)7-3-4-19-10(7)11(17)18/h1-5H,(H,17,18). The molecule has 1 heterocycles. The van der Waals surface area contributed by atoms with Crippen molar-refractivity contribution < 1.29 is 27.5 Å². The van der Waals surface area contributed by atoms with E-state index in [9.17, 15) is 22.4 Å². The lowest BCUT2D eigenvalue weighted by Crippen LogP contribution is -2.08. The molecule has 0 aliphatic heterocycles. The number of hydrogen-bond donors (Lipinski definition) is 1. The molecule has 0 radical (unpaired) electrons. The number of hydrogen-bond acceptors (Lipinski definition) is 2. The Morgan fingerprint density at radius 1 is 1.21 bits per heavy atom. The molecule has 100 valence electrons. The van der Waals surface area contributed by atoms with Gasteiger partial charge in [-0.15, -0.1) is 11.3 Å². The average molecular weight is 290 g/mol. The van der Waals surface area contributed by atoms with E-state index in [1.165, 1.54) is 11.4 Å². The smallest absolute Gasteiger partial charge is 0.419 e. The number of carboxylic acid groups (broad SMARTS) is 1. The average Bonchev–Trinajstić information content (AvgIpc) is 2.75. The zero-order chi connectivity index (χ0) is 14.2. The van der Waals surface area contributed by atoms with Crippen LogP contribution in [0.3, 0.4) is 0 Å². The largest absolute Gasteiger partial charge is 0.477 e. The van der Waals surface area contributed by atoms with E-state index in [4.69, 9.17) is 5.11 Å². The Hall–Kier alpha value is -1.89. The second-order valence-electron chi connectivity index (χ2n) is 3.66. The van der Waals surface area contributed by atoms with Crippen molar-refractivity contribution in [3.8, 4) is 11.1 Å². The van der Waals surface area contributed by atoms with E-state index in [2.05, 4.69) is 0 Å². The molecule has 0 bridgehead atoms. The Labute approximate surface area is 108 Å². The highest BCUT2D eigenvalue weighted by atomic mass is 32.1. The van der Waals surface area contributed by atoms with Crippen molar-refractivity contribution in [2.24, 2.45) is 0 Å². The van der Waals surface area contributed by atoms with Crippen molar-refractivity contribution in [2.75, 3.05) is 0 Å². The van der Waals surface area contributed by atoms with Crippen LogP contribution in [-0.4, -0.2) is 11.1 Å². The van der Waals surface area contributed by atoms with Crippen LogP contribution in [0.1, 0.15) is 15.2 Å². The lowest BCUT2D eigenvalue weighted by molar-refractivity contribution is -0.139. The molecule has 0 fully saturated rings. The van der Waals surface area contributed by atoms with Crippen LogP contribution in [0.25, 0.3) is 11.1 Å². The van der Waals surface area contributed by atoms with E-state index in [0.29, 0.717) is 12.1 Å². The summed E-state index contributed by atoms with van der Waals surface area (Å²) in [6.07, 6.45) is -4.77. The van der Waals surface area contributed by atoms with Crippen molar-refractivity contribution in [3.05, 3.63) is 45.9 Å². The van der Waals surface area contributed by atoms with Gasteiger partial charge in [0.05, 0.1) is 5.56 Å². The Morgan fingerprint density at radius 3 is 2.42 bits per heavy atom. The van der Waals surface area contributed by atoms with Gasteiger partial charge in [-0.3, -0.25) is 0 Å². The summed E-state index contributed by atoms with van der Waals surface area (Å²) in [7, 11) is 0. The van der Waals surface area contributed by atoms with Crippen molar-refractivity contribution in [1.82, 2.24) is 0 Å². The molecule has 1 N–H and O–H groups in total. The maximum absolute atomic E-state index is 13.4. The molecular weight excluding hydrogens is 284 g/mol. The molecule has 0 saturated carbocycles. The topological polar surface area (TPSA) is 37.3 Å². The number of halogens is 4. The maximum atomic E-state index is 13.4. The van der Waals surface area contributed by atoms with Gasteiger partial charge in [-0.2, -0.15) is 13.2 Å². The molecular formula is C12H6F4O2S. The van der Waals surface area contributed by atoms with E-state index in [-0.39, 0.29) is 16.0 Å². The Balaban J connectivity index is 2.51. The number of alkyl halides is 3. The van der Waals surface area contributed by atoms with E-state index >= 15 is 0 Å². The lowest BCUT2D eigenvalue weighted by atomic mass is 10.0. The van der Waals surface area contributed by atoms with E-state index in [0.717, 1.165) is 17.4 Å². The molecule has 0 aliphatic rings. The predicted molar refractivity (Wildman–Crippen MR) is 61.7 cm³/mol. The highest BCUT2D eigenvalue weighted by Gasteiger charge is 2.34. The fourth-order valence-corrected chi connectivity index (χ4v) is 2.37. The minimum Gasteiger partial charge on any atom is -0.477 e.